The van der Waals surface area contributed by atoms with Gasteiger partial charge in [-0.3, -0.25) is 4.98 Å². The molecule has 0 aliphatic carbocycles. The molecule has 0 aliphatic rings. The van der Waals surface area contributed by atoms with Gasteiger partial charge in [-0.2, -0.15) is 0 Å². The molecular formula is C12H14BNO. The van der Waals surface area contributed by atoms with E-state index in [2.05, 4.69) is 24.0 Å². The van der Waals surface area contributed by atoms with Crippen molar-refractivity contribution >= 4 is 24.2 Å². The number of ether oxygens (including phenoxy) is 1. The lowest BCUT2D eigenvalue weighted by molar-refractivity contribution is 0.418. The van der Waals surface area contributed by atoms with E-state index in [9.17, 15) is 0 Å². The van der Waals surface area contributed by atoms with Gasteiger partial charge in [0.15, 0.2) is 0 Å². The van der Waals surface area contributed by atoms with E-state index in [1.165, 1.54) is 10.9 Å². The number of hydrogen-bond donors (Lipinski definition) is 0. The normalized spacial score (nSPS) is 10.6. The third-order valence-corrected chi connectivity index (χ3v) is 2.74. The molecule has 0 N–H and O–H groups in total. The summed E-state index contributed by atoms with van der Waals surface area (Å²) in [7, 11) is 3.74. The molecule has 0 aliphatic heterocycles. The van der Waals surface area contributed by atoms with E-state index >= 15 is 0 Å². The SMILES string of the molecule is Bc1c(OC)ccc2c(C)cc(C)nc12. The Morgan fingerprint density at radius 2 is 2.00 bits per heavy atom. The number of nitrogens with zero attached hydrogens (tertiary/aromatic N) is 1. The molecule has 0 unspecified atom stereocenters. The predicted octanol–water partition coefficient (Wildman–Crippen LogP) is 1.12. The molecule has 0 saturated heterocycles. The van der Waals surface area contributed by atoms with Crippen LogP contribution >= 0.6 is 0 Å². The first-order valence-electron chi connectivity index (χ1n) is 5.05. The van der Waals surface area contributed by atoms with Gasteiger partial charge in [-0.1, -0.05) is 0 Å². The van der Waals surface area contributed by atoms with Crippen molar-refractivity contribution < 1.29 is 4.74 Å². The summed E-state index contributed by atoms with van der Waals surface area (Å²) in [6, 6.07) is 6.18. The summed E-state index contributed by atoms with van der Waals surface area (Å²) in [6.07, 6.45) is 0. The molecule has 1 heterocycles. The second-order valence-electron chi connectivity index (χ2n) is 3.87. The molecule has 1 aromatic heterocycles. The molecule has 3 heteroatoms. The molecule has 0 radical (unpaired) electrons. The van der Waals surface area contributed by atoms with Crippen LogP contribution in [0, 0.1) is 13.8 Å². The Morgan fingerprint density at radius 3 is 2.67 bits per heavy atom. The number of pyridine rings is 1. The number of rotatable bonds is 1. The molecule has 0 amide bonds. The van der Waals surface area contributed by atoms with E-state index in [0.29, 0.717) is 0 Å². The molecule has 2 aromatic rings. The minimum Gasteiger partial charge on any atom is -0.497 e. The van der Waals surface area contributed by atoms with Crippen molar-refractivity contribution in [2.75, 3.05) is 7.11 Å². The van der Waals surface area contributed by atoms with Crippen LogP contribution in [0.15, 0.2) is 18.2 Å². The van der Waals surface area contributed by atoms with Crippen molar-refractivity contribution in [2.24, 2.45) is 0 Å². The van der Waals surface area contributed by atoms with Gasteiger partial charge in [0.1, 0.15) is 13.6 Å². The topological polar surface area (TPSA) is 22.1 Å². The summed E-state index contributed by atoms with van der Waals surface area (Å²) >= 11 is 0. The average Bonchev–Trinajstić information content (AvgIpc) is 2.19. The summed E-state index contributed by atoms with van der Waals surface area (Å²) in [5.41, 5.74) is 4.48. The summed E-state index contributed by atoms with van der Waals surface area (Å²) in [5.74, 6) is 0.903. The Hall–Kier alpha value is -1.51. The van der Waals surface area contributed by atoms with Crippen molar-refractivity contribution in [3.8, 4) is 5.75 Å². The van der Waals surface area contributed by atoms with Crippen LogP contribution in [0.2, 0.25) is 0 Å². The Kier molecular flexibility index (Phi) is 2.39. The second kappa shape index (κ2) is 3.57. The first-order chi connectivity index (χ1) is 7.13. The Bertz CT molecular complexity index is 523. The number of hydrogen-bond acceptors (Lipinski definition) is 2. The van der Waals surface area contributed by atoms with Crippen molar-refractivity contribution in [3.63, 3.8) is 0 Å². The maximum absolute atomic E-state index is 5.29. The fraction of sp³-hybridized carbons (Fsp3) is 0.250. The third kappa shape index (κ3) is 1.58. The molecular weight excluding hydrogens is 185 g/mol. The van der Waals surface area contributed by atoms with Crippen LogP contribution in [-0.4, -0.2) is 19.9 Å². The highest BCUT2D eigenvalue weighted by molar-refractivity contribution is 6.40. The molecule has 0 fully saturated rings. The van der Waals surface area contributed by atoms with Gasteiger partial charge < -0.3 is 4.74 Å². The van der Waals surface area contributed by atoms with Crippen molar-refractivity contribution in [1.82, 2.24) is 4.98 Å². The maximum atomic E-state index is 5.29. The first kappa shape index (κ1) is 10.0. The van der Waals surface area contributed by atoms with E-state index in [0.717, 1.165) is 22.4 Å². The minimum absolute atomic E-state index is 0.903. The first-order valence-corrected chi connectivity index (χ1v) is 5.05. The summed E-state index contributed by atoms with van der Waals surface area (Å²) in [5, 5.41) is 1.21. The van der Waals surface area contributed by atoms with Crippen LogP contribution in [0.1, 0.15) is 11.3 Å². The molecule has 0 spiro atoms. The van der Waals surface area contributed by atoms with Gasteiger partial charge in [-0.05, 0) is 43.1 Å². The summed E-state index contributed by atoms with van der Waals surface area (Å²) in [6.45, 7) is 4.13. The number of benzene rings is 1. The molecule has 0 bridgehead atoms. The zero-order valence-corrected chi connectivity index (χ0v) is 9.59. The minimum atomic E-state index is 0.903. The van der Waals surface area contributed by atoms with Crippen LogP contribution < -0.4 is 10.2 Å². The van der Waals surface area contributed by atoms with Gasteiger partial charge in [0.05, 0.1) is 12.6 Å². The lowest BCUT2D eigenvalue weighted by Gasteiger charge is -2.10. The Morgan fingerprint density at radius 1 is 1.27 bits per heavy atom. The molecule has 2 rings (SSSR count). The standard InChI is InChI=1S/C12H14BNO/c1-7-6-8(2)14-12-9(7)4-5-10(15-3)11(12)13/h4-6H,13H2,1-3H3. The van der Waals surface area contributed by atoms with Crippen molar-refractivity contribution in [3.05, 3.63) is 29.5 Å². The molecule has 0 saturated carbocycles. The lowest BCUT2D eigenvalue weighted by atomic mass is 9.90. The number of aromatic nitrogens is 1. The maximum Gasteiger partial charge on any atom is 0.147 e. The van der Waals surface area contributed by atoms with Gasteiger partial charge in [0, 0.05) is 11.1 Å². The molecule has 76 valence electrons. The molecule has 2 nitrogen and oxygen atoms in total. The van der Waals surface area contributed by atoms with Gasteiger partial charge in [-0.15, -0.1) is 0 Å². The zero-order chi connectivity index (χ0) is 11.0. The fourth-order valence-corrected chi connectivity index (χ4v) is 1.96. The van der Waals surface area contributed by atoms with Crippen molar-refractivity contribution in [1.29, 1.82) is 0 Å². The average molecular weight is 199 g/mol. The van der Waals surface area contributed by atoms with E-state index in [4.69, 9.17) is 4.74 Å². The number of fused-ring (bicyclic) bond motifs is 1. The summed E-state index contributed by atoms with van der Waals surface area (Å²) in [4.78, 5) is 4.56. The van der Waals surface area contributed by atoms with Crippen LogP contribution in [-0.2, 0) is 0 Å². The number of methoxy groups -OCH3 is 1. The lowest BCUT2D eigenvalue weighted by Crippen LogP contribution is -2.10. The zero-order valence-electron chi connectivity index (χ0n) is 9.59. The monoisotopic (exact) mass is 199 g/mol. The Balaban J connectivity index is 2.86. The van der Waals surface area contributed by atoms with E-state index < -0.39 is 0 Å². The predicted molar refractivity (Wildman–Crippen MR) is 65.9 cm³/mol. The highest BCUT2D eigenvalue weighted by Crippen LogP contribution is 2.19. The van der Waals surface area contributed by atoms with Crippen LogP contribution in [0.25, 0.3) is 10.9 Å². The fourth-order valence-electron chi connectivity index (χ4n) is 1.96. The smallest absolute Gasteiger partial charge is 0.147 e. The highest BCUT2D eigenvalue weighted by Gasteiger charge is 2.07. The quantitative estimate of drug-likeness (QED) is 0.642. The van der Waals surface area contributed by atoms with Crippen LogP contribution in [0.5, 0.6) is 5.75 Å². The molecule has 1 aromatic carbocycles. The van der Waals surface area contributed by atoms with E-state index in [-0.39, 0.29) is 0 Å². The van der Waals surface area contributed by atoms with Crippen LogP contribution in [0.4, 0.5) is 0 Å². The van der Waals surface area contributed by atoms with E-state index in [1.54, 1.807) is 7.11 Å². The second-order valence-corrected chi connectivity index (χ2v) is 3.87. The molecule has 15 heavy (non-hydrogen) atoms. The Labute approximate surface area is 90.7 Å². The van der Waals surface area contributed by atoms with Gasteiger partial charge in [-0.25, -0.2) is 0 Å². The number of aryl methyl sites for hydroxylation is 2. The van der Waals surface area contributed by atoms with Gasteiger partial charge >= 0.3 is 0 Å². The molecule has 0 atom stereocenters. The van der Waals surface area contributed by atoms with Crippen molar-refractivity contribution in [2.45, 2.75) is 13.8 Å². The van der Waals surface area contributed by atoms with Gasteiger partial charge in [0.2, 0.25) is 0 Å². The van der Waals surface area contributed by atoms with E-state index in [1.807, 2.05) is 20.8 Å². The summed E-state index contributed by atoms with van der Waals surface area (Å²) < 4.78 is 5.29. The third-order valence-electron chi connectivity index (χ3n) is 2.74. The largest absolute Gasteiger partial charge is 0.497 e. The highest BCUT2D eigenvalue weighted by atomic mass is 16.5. The van der Waals surface area contributed by atoms with Gasteiger partial charge in [0.25, 0.3) is 0 Å². The van der Waals surface area contributed by atoms with Crippen LogP contribution in [0.3, 0.4) is 0 Å².